The Kier molecular flexibility index (Phi) is 6.16. The lowest BCUT2D eigenvalue weighted by Crippen LogP contribution is -2.28. The fourth-order valence-corrected chi connectivity index (χ4v) is 2.29. The summed E-state index contributed by atoms with van der Waals surface area (Å²) in [4.78, 5) is 20.1. The van der Waals surface area contributed by atoms with E-state index in [1.165, 1.54) is 0 Å². The zero-order chi connectivity index (χ0) is 18.2. The number of aromatic nitrogens is 3. The monoisotopic (exact) mass is 372 g/mol. The number of aryl methyl sites for hydroxylation is 1. The number of nitrogens with zero attached hydrogens (tertiary/aromatic N) is 3. The van der Waals surface area contributed by atoms with E-state index in [0.717, 1.165) is 5.56 Å². The van der Waals surface area contributed by atoms with Gasteiger partial charge in [-0.15, -0.1) is 0 Å². The summed E-state index contributed by atoms with van der Waals surface area (Å²) >= 11 is 5.80. The fourth-order valence-electron chi connectivity index (χ4n) is 2.17. The number of nitrogens with one attached hydrogen (secondary N) is 1. The molecule has 8 heteroatoms. The average Bonchev–Trinajstić information content (AvgIpc) is 3.15. The molecule has 0 aliphatic rings. The maximum Gasteiger partial charge on any atom is 0.227 e. The highest BCUT2D eigenvalue weighted by molar-refractivity contribution is 6.30. The summed E-state index contributed by atoms with van der Waals surface area (Å²) in [5.41, 5.74) is 0.770. The zero-order valence-electron chi connectivity index (χ0n) is 13.9. The molecule has 0 saturated carbocycles. The van der Waals surface area contributed by atoms with Crippen molar-refractivity contribution in [2.24, 2.45) is 0 Å². The van der Waals surface area contributed by atoms with Gasteiger partial charge in [-0.2, -0.15) is 4.98 Å². The highest BCUT2D eigenvalue weighted by atomic mass is 35.5. The molecule has 2 aromatic heterocycles. The third-order valence-electron chi connectivity index (χ3n) is 3.46. The highest BCUT2D eigenvalue weighted by Gasteiger charge is 2.10. The highest BCUT2D eigenvalue weighted by Crippen LogP contribution is 2.15. The van der Waals surface area contributed by atoms with Gasteiger partial charge in [0.15, 0.2) is 0 Å². The zero-order valence-corrected chi connectivity index (χ0v) is 14.6. The van der Waals surface area contributed by atoms with Gasteiger partial charge < -0.3 is 14.6 Å². The summed E-state index contributed by atoms with van der Waals surface area (Å²) in [6.45, 7) is 0.783. The van der Waals surface area contributed by atoms with E-state index >= 15 is 0 Å². The van der Waals surface area contributed by atoms with Crippen LogP contribution < -0.4 is 10.1 Å². The topological polar surface area (TPSA) is 90.1 Å². The molecule has 0 spiro atoms. The van der Waals surface area contributed by atoms with Crippen LogP contribution in [0.25, 0.3) is 11.4 Å². The van der Waals surface area contributed by atoms with Crippen molar-refractivity contribution in [2.75, 3.05) is 13.2 Å². The van der Waals surface area contributed by atoms with Crippen LogP contribution in [0.15, 0.2) is 53.3 Å². The number of carbonyl (C=O) groups is 1. The SMILES string of the molecule is O=C(CCc1nc(-c2cccnc2)no1)NCCOc1ccc(Cl)cc1. The lowest BCUT2D eigenvalue weighted by molar-refractivity contribution is -0.121. The van der Waals surface area contributed by atoms with Gasteiger partial charge >= 0.3 is 0 Å². The molecule has 1 amide bonds. The number of carbonyl (C=O) groups excluding carboxylic acids is 1. The average molecular weight is 373 g/mol. The number of amides is 1. The van der Waals surface area contributed by atoms with E-state index in [0.29, 0.717) is 42.1 Å². The van der Waals surface area contributed by atoms with E-state index < -0.39 is 0 Å². The number of rotatable bonds is 8. The molecule has 0 aliphatic heterocycles. The van der Waals surface area contributed by atoms with Gasteiger partial charge in [0, 0.05) is 35.8 Å². The Hall–Kier alpha value is -2.93. The first-order valence-corrected chi connectivity index (χ1v) is 8.46. The summed E-state index contributed by atoms with van der Waals surface area (Å²) in [6.07, 6.45) is 3.96. The van der Waals surface area contributed by atoms with Gasteiger partial charge in [0.25, 0.3) is 0 Å². The van der Waals surface area contributed by atoms with Crippen LogP contribution in [0, 0.1) is 0 Å². The molecule has 3 rings (SSSR count). The van der Waals surface area contributed by atoms with Gasteiger partial charge in [0.2, 0.25) is 17.6 Å². The van der Waals surface area contributed by atoms with E-state index in [1.807, 2.05) is 6.07 Å². The van der Waals surface area contributed by atoms with Crippen molar-refractivity contribution in [3.8, 4) is 17.1 Å². The number of hydrogen-bond donors (Lipinski definition) is 1. The van der Waals surface area contributed by atoms with Gasteiger partial charge in [-0.1, -0.05) is 16.8 Å². The van der Waals surface area contributed by atoms with Crippen LogP contribution in [0.4, 0.5) is 0 Å². The van der Waals surface area contributed by atoms with Gasteiger partial charge in [-0.3, -0.25) is 9.78 Å². The minimum atomic E-state index is -0.106. The maximum atomic E-state index is 11.9. The standard InChI is InChI=1S/C18H17ClN4O3/c19-14-3-5-15(6-4-14)25-11-10-21-16(24)7-8-17-22-18(23-26-17)13-2-1-9-20-12-13/h1-6,9,12H,7-8,10-11H2,(H,21,24). The van der Waals surface area contributed by atoms with Crippen LogP contribution in [0.1, 0.15) is 12.3 Å². The molecule has 0 aliphatic carbocycles. The summed E-state index contributed by atoms with van der Waals surface area (Å²) in [7, 11) is 0. The molecule has 0 bridgehead atoms. The van der Waals surface area contributed by atoms with Crippen LogP contribution >= 0.6 is 11.6 Å². The molecule has 1 N–H and O–H groups in total. The first kappa shape index (κ1) is 17.9. The Bertz CT molecular complexity index is 837. The lowest BCUT2D eigenvalue weighted by Gasteiger charge is -2.07. The molecule has 0 fully saturated rings. The normalized spacial score (nSPS) is 10.5. The largest absolute Gasteiger partial charge is 0.492 e. The number of pyridine rings is 1. The third-order valence-corrected chi connectivity index (χ3v) is 3.71. The van der Waals surface area contributed by atoms with E-state index in [2.05, 4.69) is 20.4 Å². The summed E-state index contributed by atoms with van der Waals surface area (Å²) in [6, 6.07) is 10.7. The van der Waals surface area contributed by atoms with Crippen molar-refractivity contribution in [1.29, 1.82) is 0 Å². The minimum Gasteiger partial charge on any atom is -0.492 e. The van der Waals surface area contributed by atoms with Crippen LogP contribution in [0.5, 0.6) is 5.75 Å². The molecule has 1 aromatic carbocycles. The molecule has 0 atom stereocenters. The number of benzene rings is 1. The molecule has 26 heavy (non-hydrogen) atoms. The van der Waals surface area contributed by atoms with Gasteiger partial charge in [-0.25, -0.2) is 0 Å². The van der Waals surface area contributed by atoms with E-state index in [-0.39, 0.29) is 12.3 Å². The van der Waals surface area contributed by atoms with E-state index in [9.17, 15) is 4.79 Å². The lowest BCUT2D eigenvalue weighted by atomic mass is 10.2. The second-order valence-electron chi connectivity index (χ2n) is 5.41. The van der Waals surface area contributed by atoms with Crippen LogP contribution in [0.3, 0.4) is 0 Å². The molecular formula is C18H17ClN4O3. The van der Waals surface area contributed by atoms with E-state index in [1.54, 1.807) is 42.7 Å². The first-order chi connectivity index (χ1) is 12.7. The van der Waals surface area contributed by atoms with Crippen molar-refractivity contribution in [2.45, 2.75) is 12.8 Å². The Balaban J connectivity index is 1.36. The summed E-state index contributed by atoms with van der Waals surface area (Å²) in [5.74, 6) is 1.48. The second kappa shape index (κ2) is 8.96. The molecule has 0 unspecified atom stereocenters. The van der Waals surface area contributed by atoms with Crippen LogP contribution in [-0.2, 0) is 11.2 Å². The van der Waals surface area contributed by atoms with Crippen molar-refractivity contribution in [3.05, 3.63) is 59.7 Å². The summed E-state index contributed by atoms with van der Waals surface area (Å²) < 4.78 is 10.7. The number of ether oxygens (including phenoxy) is 1. The molecule has 134 valence electrons. The van der Waals surface area contributed by atoms with Crippen molar-refractivity contribution in [1.82, 2.24) is 20.4 Å². The fraction of sp³-hybridized carbons (Fsp3) is 0.222. The van der Waals surface area contributed by atoms with Crippen molar-refractivity contribution in [3.63, 3.8) is 0 Å². The van der Waals surface area contributed by atoms with E-state index in [4.69, 9.17) is 20.9 Å². The van der Waals surface area contributed by atoms with Gasteiger partial charge in [-0.05, 0) is 36.4 Å². The third kappa shape index (κ3) is 5.29. The molecular weight excluding hydrogens is 356 g/mol. The first-order valence-electron chi connectivity index (χ1n) is 8.09. The maximum absolute atomic E-state index is 11.9. The molecule has 3 aromatic rings. The minimum absolute atomic E-state index is 0.106. The molecule has 7 nitrogen and oxygen atoms in total. The quantitative estimate of drug-likeness (QED) is 0.611. The Morgan fingerprint density at radius 1 is 1.23 bits per heavy atom. The number of hydrogen-bond acceptors (Lipinski definition) is 6. The number of halogens is 1. The Labute approximate surface area is 155 Å². The van der Waals surface area contributed by atoms with Crippen molar-refractivity contribution < 1.29 is 14.1 Å². The van der Waals surface area contributed by atoms with Gasteiger partial charge in [0.1, 0.15) is 12.4 Å². The molecule has 0 saturated heterocycles. The molecule has 2 heterocycles. The van der Waals surface area contributed by atoms with Gasteiger partial charge in [0.05, 0.1) is 6.54 Å². The second-order valence-corrected chi connectivity index (χ2v) is 5.84. The molecule has 0 radical (unpaired) electrons. The van der Waals surface area contributed by atoms with Crippen LogP contribution in [-0.4, -0.2) is 34.2 Å². The smallest absolute Gasteiger partial charge is 0.227 e. The predicted molar refractivity (Wildman–Crippen MR) is 95.8 cm³/mol. The Morgan fingerprint density at radius 3 is 2.85 bits per heavy atom. The Morgan fingerprint density at radius 2 is 2.08 bits per heavy atom. The summed E-state index contributed by atoms with van der Waals surface area (Å²) in [5, 5.41) is 7.33. The predicted octanol–water partition coefficient (Wildman–Crippen LogP) is 2.91. The van der Waals surface area contributed by atoms with Crippen LogP contribution in [0.2, 0.25) is 5.02 Å². The van der Waals surface area contributed by atoms with Crippen molar-refractivity contribution >= 4 is 17.5 Å².